The second-order valence-corrected chi connectivity index (χ2v) is 1.77. The molecule has 0 aromatic carbocycles. The van der Waals surface area contributed by atoms with E-state index >= 15 is 0 Å². The van der Waals surface area contributed by atoms with Gasteiger partial charge in [-0.2, -0.15) is 0 Å². The summed E-state index contributed by atoms with van der Waals surface area (Å²) in [5.41, 5.74) is 0. The van der Waals surface area contributed by atoms with Gasteiger partial charge >= 0.3 is 5.97 Å². The largest absolute Gasteiger partial charge is 0.412 e. The monoisotopic (exact) mass is 129 g/mol. The number of nitrogens with one attached hydrogen (secondary N) is 1. The molecule has 0 bridgehead atoms. The van der Waals surface area contributed by atoms with Gasteiger partial charge < -0.3 is 4.74 Å². The van der Waals surface area contributed by atoms with Crippen molar-refractivity contribution in [2.45, 2.75) is 26.7 Å². The van der Waals surface area contributed by atoms with Gasteiger partial charge in [0.1, 0.15) is 0 Å². The molecule has 3 nitrogen and oxygen atoms in total. The maximum Gasteiger partial charge on any atom is 0.309 e. The van der Waals surface area contributed by atoms with Crippen molar-refractivity contribution in [3.05, 3.63) is 0 Å². The SMILES string of the molecule is CCCC(=N)OC(C)=O. The van der Waals surface area contributed by atoms with Crippen LogP contribution in [0.1, 0.15) is 26.7 Å². The summed E-state index contributed by atoms with van der Waals surface area (Å²) >= 11 is 0. The molecule has 0 saturated heterocycles. The summed E-state index contributed by atoms with van der Waals surface area (Å²) in [6.07, 6.45) is 1.38. The predicted octanol–water partition coefficient (Wildman–Crippen LogP) is 1.33. The molecule has 0 unspecified atom stereocenters. The Hall–Kier alpha value is -0.860. The molecule has 0 spiro atoms. The molecule has 0 aliphatic rings. The highest BCUT2D eigenvalue weighted by atomic mass is 16.5. The molecule has 0 saturated carbocycles. The molecule has 1 N–H and O–H groups in total. The van der Waals surface area contributed by atoms with E-state index in [0.29, 0.717) is 6.42 Å². The van der Waals surface area contributed by atoms with E-state index in [2.05, 4.69) is 4.74 Å². The Morgan fingerprint density at radius 3 is 2.56 bits per heavy atom. The van der Waals surface area contributed by atoms with Crippen LogP contribution < -0.4 is 0 Å². The average molecular weight is 129 g/mol. The molecule has 9 heavy (non-hydrogen) atoms. The van der Waals surface area contributed by atoms with Gasteiger partial charge in [-0.25, -0.2) is 0 Å². The first-order valence-corrected chi connectivity index (χ1v) is 2.92. The number of rotatable bonds is 2. The molecule has 0 aromatic heterocycles. The predicted molar refractivity (Wildman–Crippen MR) is 34.4 cm³/mol. The number of carbonyl (C=O) groups excluding carboxylic acids is 1. The summed E-state index contributed by atoms with van der Waals surface area (Å²) < 4.78 is 4.44. The Morgan fingerprint density at radius 2 is 2.22 bits per heavy atom. The van der Waals surface area contributed by atoms with E-state index in [1.807, 2.05) is 6.92 Å². The van der Waals surface area contributed by atoms with Gasteiger partial charge in [0.25, 0.3) is 0 Å². The van der Waals surface area contributed by atoms with Crippen LogP contribution in [0.15, 0.2) is 0 Å². The lowest BCUT2D eigenvalue weighted by molar-refractivity contribution is -0.133. The standard InChI is InChI=1S/C6H11NO2/c1-3-4-6(7)9-5(2)8/h7H,3-4H2,1-2H3. The number of ether oxygens (including phenoxy) is 1. The van der Waals surface area contributed by atoms with Crippen molar-refractivity contribution in [3.63, 3.8) is 0 Å². The van der Waals surface area contributed by atoms with Crippen molar-refractivity contribution in [1.29, 1.82) is 5.41 Å². The topological polar surface area (TPSA) is 50.1 Å². The summed E-state index contributed by atoms with van der Waals surface area (Å²) in [7, 11) is 0. The second-order valence-electron chi connectivity index (χ2n) is 1.77. The second kappa shape index (κ2) is 4.06. The van der Waals surface area contributed by atoms with Gasteiger partial charge in [-0.15, -0.1) is 0 Å². The van der Waals surface area contributed by atoms with E-state index in [4.69, 9.17) is 5.41 Å². The van der Waals surface area contributed by atoms with E-state index in [9.17, 15) is 4.79 Å². The minimum atomic E-state index is -0.409. The van der Waals surface area contributed by atoms with Crippen molar-refractivity contribution in [1.82, 2.24) is 0 Å². The molecule has 0 radical (unpaired) electrons. The van der Waals surface area contributed by atoms with Crippen molar-refractivity contribution in [2.75, 3.05) is 0 Å². The molecule has 52 valence electrons. The lowest BCUT2D eigenvalue weighted by atomic mass is 10.3. The highest BCUT2D eigenvalue weighted by molar-refractivity contribution is 5.85. The summed E-state index contributed by atoms with van der Waals surface area (Å²) in [6, 6.07) is 0. The first-order chi connectivity index (χ1) is 4.16. The Morgan fingerprint density at radius 1 is 1.67 bits per heavy atom. The van der Waals surface area contributed by atoms with Crippen molar-refractivity contribution >= 4 is 11.9 Å². The fourth-order valence-electron chi connectivity index (χ4n) is 0.452. The maximum atomic E-state index is 10.2. The molecule has 3 heteroatoms. The number of carbonyl (C=O) groups is 1. The summed E-state index contributed by atoms with van der Waals surface area (Å²) in [4.78, 5) is 10.2. The van der Waals surface area contributed by atoms with Crippen LogP contribution in [0.4, 0.5) is 0 Å². The summed E-state index contributed by atoms with van der Waals surface area (Å²) in [5, 5.41) is 6.98. The molecule has 0 aliphatic heterocycles. The number of hydrogen-bond acceptors (Lipinski definition) is 3. The van der Waals surface area contributed by atoms with Crippen LogP contribution in [0, 0.1) is 5.41 Å². The van der Waals surface area contributed by atoms with E-state index in [-0.39, 0.29) is 5.90 Å². The lowest BCUT2D eigenvalue weighted by Gasteiger charge is -1.98. The maximum absolute atomic E-state index is 10.2. The molecular formula is C6H11NO2. The third kappa shape index (κ3) is 5.00. The molecule has 0 atom stereocenters. The Bertz CT molecular complexity index is 120. The first-order valence-electron chi connectivity index (χ1n) is 2.92. The van der Waals surface area contributed by atoms with Gasteiger partial charge in [-0.1, -0.05) is 6.92 Å². The van der Waals surface area contributed by atoms with Gasteiger partial charge in [-0.05, 0) is 6.42 Å². The quantitative estimate of drug-likeness (QED) is 0.347. The fraction of sp³-hybridized carbons (Fsp3) is 0.667. The highest BCUT2D eigenvalue weighted by Crippen LogP contribution is 1.90. The lowest BCUT2D eigenvalue weighted by Crippen LogP contribution is -2.06. The summed E-state index contributed by atoms with van der Waals surface area (Å²) in [5.74, 6) is -0.349. The summed E-state index contributed by atoms with van der Waals surface area (Å²) in [6.45, 7) is 3.22. The van der Waals surface area contributed by atoms with Crippen LogP contribution in [0.5, 0.6) is 0 Å². The van der Waals surface area contributed by atoms with E-state index in [0.717, 1.165) is 6.42 Å². The zero-order valence-electron chi connectivity index (χ0n) is 5.73. The van der Waals surface area contributed by atoms with Gasteiger partial charge in [0.05, 0.1) is 0 Å². The molecule has 0 aromatic rings. The minimum Gasteiger partial charge on any atom is -0.412 e. The molecule has 0 heterocycles. The third-order valence-electron chi connectivity index (χ3n) is 0.744. The molecule has 0 rings (SSSR count). The molecule has 0 aliphatic carbocycles. The highest BCUT2D eigenvalue weighted by Gasteiger charge is 1.97. The van der Waals surface area contributed by atoms with Crippen LogP contribution in [0.3, 0.4) is 0 Å². The van der Waals surface area contributed by atoms with Crippen molar-refractivity contribution < 1.29 is 9.53 Å². The number of esters is 1. The van der Waals surface area contributed by atoms with E-state index in [1.165, 1.54) is 6.92 Å². The molecule has 0 amide bonds. The Kier molecular flexibility index (Phi) is 3.67. The van der Waals surface area contributed by atoms with Gasteiger partial charge in [0.15, 0.2) is 5.90 Å². The van der Waals surface area contributed by atoms with E-state index < -0.39 is 5.97 Å². The van der Waals surface area contributed by atoms with Gasteiger partial charge in [0.2, 0.25) is 0 Å². The Balaban J connectivity index is 3.39. The number of hydrogen-bond donors (Lipinski definition) is 1. The third-order valence-corrected chi connectivity index (χ3v) is 0.744. The van der Waals surface area contributed by atoms with Crippen molar-refractivity contribution in [2.24, 2.45) is 0 Å². The van der Waals surface area contributed by atoms with Crippen molar-refractivity contribution in [3.8, 4) is 0 Å². The smallest absolute Gasteiger partial charge is 0.309 e. The molecule has 0 fully saturated rings. The Labute approximate surface area is 54.5 Å². The van der Waals surface area contributed by atoms with Crippen LogP contribution in [-0.2, 0) is 9.53 Å². The van der Waals surface area contributed by atoms with Crippen LogP contribution in [-0.4, -0.2) is 11.9 Å². The first kappa shape index (κ1) is 8.14. The van der Waals surface area contributed by atoms with E-state index in [1.54, 1.807) is 0 Å². The average Bonchev–Trinajstić information content (AvgIpc) is 1.63. The normalized spacial score (nSPS) is 8.67. The minimum absolute atomic E-state index is 0.0602. The van der Waals surface area contributed by atoms with Gasteiger partial charge in [-0.3, -0.25) is 10.2 Å². The van der Waals surface area contributed by atoms with Crippen LogP contribution in [0.2, 0.25) is 0 Å². The van der Waals surface area contributed by atoms with Gasteiger partial charge in [0, 0.05) is 13.3 Å². The van der Waals surface area contributed by atoms with Crippen LogP contribution in [0.25, 0.3) is 0 Å². The zero-order chi connectivity index (χ0) is 7.28. The molecular weight excluding hydrogens is 118 g/mol. The fourth-order valence-corrected chi connectivity index (χ4v) is 0.452. The van der Waals surface area contributed by atoms with Crippen LogP contribution >= 0.6 is 0 Å². The zero-order valence-corrected chi connectivity index (χ0v) is 5.73.